The van der Waals surface area contributed by atoms with Gasteiger partial charge in [0.05, 0.1) is 12.2 Å². The number of likely N-dealkylation sites (tertiary alicyclic amines) is 1. The third-order valence-electron chi connectivity index (χ3n) is 5.78. The van der Waals surface area contributed by atoms with E-state index in [1.807, 2.05) is 47.0 Å². The predicted molar refractivity (Wildman–Crippen MR) is 121 cm³/mol. The molecular formula is C23H28N4O2S. The molecule has 1 fully saturated rings. The molecule has 6 nitrogen and oxygen atoms in total. The van der Waals surface area contributed by atoms with Crippen LogP contribution in [0.25, 0.3) is 0 Å². The maximum atomic E-state index is 13.1. The Morgan fingerprint density at radius 2 is 1.83 bits per heavy atom. The van der Waals surface area contributed by atoms with E-state index < -0.39 is 0 Å². The van der Waals surface area contributed by atoms with Crippen LogP contribution in [0.1, 0.15) is 26.2 Å². The van der Waals surface area contributed by atoms with Gasteiger partial charge in [0.25, 0.3) is 0 Å². The van der Waals surface area contributed by atoms with Crippen LogP contribution in [0.2, 0.25) is 0 Å². The molecule has 0 bridgehead atoms. The molecule has 1 saturated heterocycles. The van der Waals surface area contributed by atoms with E-state index >= 15 is 0 Å². The number of hydrogen-bond acceptors (Lipinski definition) is 5. The molecule has 30 heavy (non-hydrogen) atoms. The lowest BCUT2D eigenvalue weighted by atomic mass is 9.96. The number of pyridine rings is 1. The largest absolute Gasteiger partial charge is 0.310 e. The molecule has 158 valence electrons. The molecular weight excluding hydrogens is 396 g/mol. The number of rotatable bonds is 4. The second-order valence-electron chi connectivity index (χ2n) is 7.98. The van der Waals surface area contributed by atoms with Crippen molar-refractivity contribution in [3.8, 4) is 0 Å². The van der Waals surface area contributed by atoms with Crippen molar-refractivity contribution in [2.24, 2.45) is 5.92 Å². The Kier molecular flexibility index (Phi) is 6.69. The molecule has 3 heterocycles. The number of benzene rings is 1. The number of piperidine rings is 1. The molecule has 2 aromatic rings. The molecule has 0 radical (unpaired) electrons. The Balaban J connectivity index is 1.32. The molecule has 1 aromatic carbocycles. The Hall–Kier alpha value is -2.38. The van der Waals surface area contributed by atoms with Gasteiger partial charge in [0, 0.05) is 28.8 Å². The van der Waals surface area contributed by atoms with E-state index in [4.69, 9.17) is 0 Å². The zero-order valence-corrected chi connectivity index (χ0v) is 18.1. The SMILES string of the molecule is CC1CCN(C(=O)CN2CCC(C(=O)Nc3ccccn3)CC2)c2ccccc2S1. The lowest BCUT2D eigenvalue weighted by Crippen LogP contribution is -2.45. The number of carbonyl (C=O) groups is 2. The Morgan fingerprint density at radius 1 is 1.07 bits per heavy atom. The van der Waals surface area contributed by atoms with E-state index in [1.165, 1.54) is 4.90 Å². The molecule has 0 aliphatic carbocycles. The number of amides is 2. The highest BCUT2D eigenvalue weighted by Gasteiger charge is 2.29. The molecule has 2 aliphatic rings. The molecule has 2 aliphatic heterocycles. The molecule has 1 atom stereocenters. The van der Waals surface area contributed by atoms with Crippen LogP contribution in [-0.2, 0) is 9.59 Å². The first-order chi connectivity index (χ1) is 14.6. The van der Waals surface area contributed by atoms with Crippen molar-refractivity contribution in [3.63, 3.8) is 0 Å². The Labute approximate surface area is 182 Å². The first kappa shape index (κ1) is 20.9. The fourth-order valence-electron chi connectivity index (χ4n) is 4.04. The van der Waals surface area contributed by atoms with Gasteiger partial charge in [-0.2, -0.15) is 0 Å². The van der Waals surface area contributed by atoms with Gasteiger partial charge in [0.15, 0.2) is 0 Å². The Bertz CT molecular complexity index is 884. The van der Waals surface area contributed by atoms with Crippen LogP contribution in [0.5, 0.6) is 0 Å². The molecule has 0 saturated carbocycles. The third kappa shape index (κ3) is 5.02. The summed E-state index contributed by atoms with van der Waals surface area (Å²) >= 11 is 1.85. The van der Waals surface area contributed by atoms with Gasteiger partial charge in [-0.1, -0.05) is 25.1 Å². The van der Waals surface area contributed by atoms with Crippen LogP contribution in [0.3, 0.4) is 0 Å². The van der Waals surface area contributed by atoms with Crippen LogP contribution in [-0.4, -0.2) is 53.1 Å². The van der Waals surface area contributed by atoms with Crippen molar-refractivity contribution >= 4 is 35.1 Å². The van der Waals surface area contributed by atoms with Crippen LogP contribution < -0.4 is 10.2 Å². The van der Waals surface area contributed by atoms with E-state index in [2.05, 4.69) is 28.2 Å². The second kappa shape index (κ2) is 9.62. The minimum Gasteiger partial charge on any atom is -0.310 e. The smallest absolute Gasteiger partial charge is 0.241 e. The molecule has 1 N–H and O–H groups in total. The summed E-state index contributed by atoms with van der Waals surface area (Å²) in [4.78, 5) is 35.1. The molecule has 4 rings (SSSR count). The van der Waals surface area contributed by atoms with E-state index in [0.717, 1.165) is 44.6 Å². The average Bonchev–Trinajstić information content (AvgIpc) is 2.93. The minimum atomic E-state index is -0.0329. The summed E-state index contributed by atoms with van der Waals surface area (Å²) in [6, 6.07) is 13.7. The third-order valence-corrected chi connectivity index (χ3v) is 7.02. The fourth-order valence-corrected chi connectivity index (χ4v) is 5.15. The first-order valence-electron chi connectivity index (χ1n) is 10.6. The molecule has 0 spiro atoms. The topological polar surface area (TPSA) is 65.5 Å². The summed E-state index contributed by atoms with van der Waals surface area (Å²) in [5.74, 6) is 0.724. The van der Waals surface area contributed by atoms with Crippen molar-refractivity contribution in [2.45, 2.75) is 36.3 Å². The monoisotopic (exact) mass is 424 g/mol. The highest BCUT2D eigenvalue weighted by Crippen LogP contribution is 2.37. The van der Waals surface area contributed by atoms with Crippen LogP contribution in [0.15, 0.2) is 53.6 Å². The standard InChI is InChI=1S/C23H28N4O2S/c1-17-9-15-27(19-6-2-3-7-20(19)30-17)22(28)16-26-13-10-18(11-14-26)23(29)25-21-8-4-5-12-24-21/h2-8,12,17-18H,9-11,13-16H2,1H3,(H,24,25,29). The quantitative estimate of drug-likeness (QED) is 0.812. The van der Waals surface area contributed by atoms with Crippen LogP contribution in [0.4, 0.5) is 11.5 Å². The number of carbonyl (C=O) groups excluding carboxylic acids is 2. The minimum absolute atomic E-state index is 0.0205. The lowest BCUT2D eigenvalue weighted by molar-refractivity contribution is -0.122. The number of para-hydroxylation sites is 1. The summed E-state index contributed by atoms with van der Waals surface area (Å²) in [5.41, 5.74) is 1.03. The fraction of sp³-hybridized carbons (Fsp3) is 0.435. The van der Waals surface area contributed by atoms with Gasteiger partial charge in [-0.3, -0.25) is 14.5 Å². The highest BCUT2D eigenvalue weighted by molar-refractivity contribution is 8.00. The lowest BCUT2D eigenvalue weighted by Gasteiger charge is -2.32. The molecule has 7 heteroatoms. The zero-order chi connectivity index (χ0) is 20.9. The van der Waals surface area contributed by atoms with Gasteiger partial charge in [-0.15, -0.1) is 11.8 Å². The normalized spacial score (nSPS) is 20.3. The number of nitrogens with zero attached hydrogens (tertiary/aromatic N) is 3. The maximum Gasteiger partial charge on any atom is 0.241 e. The summed E-state index contributed by atoms with van der Waals surface area (Å²) < 4.78 is 0. The Morgan fingerprint density at radius 3 is 2.60 bits per heavy atom. The van der Waals surface area contributed by atoms with Crippen molar-refractivity contribution < 1.29 is 9.59 Å². The number of anilines is 2. The van der Waals surface area contributed by atoms with Crippen LogP contribution >= 0.6 is 11.8 Å². The van der Waals surface area contributed by atoms with Crippen molar-refractivity contribution in [2.75, 3.05) is 36.4 Å². The van der Waals surface area contributed by atoms with Crippen molar-refractivity contribution in [1.29, 1.82) is 0 Å². The number of thioether (sulfide) groups is 1. The zero-order valence-electron chi connectivity index (χ0n) is 17.3. The van der Waals surface area contributed by atoms with Gasteiger partial charge < -0.3 is 10.2 Å². The summed E-state index contributed by atoms with van der Waals surface area (Å²) in [5, 5.41) is 3.39. The maximum absolute atomic E-state index is 13.1. The second-order valence-corrected chi connectivity index (χ2v) is 9.47. The van der Waals surface area contributed by atoms with Crippen molar-refractivity contribution in [3.05, 3.63) is 48.7 Å². The molecule has 1 unspecified atom stereocenters. The van der Waals surface area contributed by atoms with Gasteiger partial charge in [0.2, 0.25) is 11.8 Å². The molecule has 1 aromatic heterocycles. The highest BCUT2D eigenvalue weighted by atomic mass is 32.2. The van der Waals surface area contributed by atoms with E-state index in [9.17, 15) is 9.59 Å². The van der Waals surface area contributed by atoms with Gasteiger partial charge in [-0.25, -0.2) is 4.98 Å². The average molecular weight is 425 g/mol. The van der Waals surface area contributed by atoms with Crippen molar-refractivity contribution in [1.82, 2.24) is 9.88 Å². The number of fused-ring (bicyclic) bond motifs is 1. The predicted octanol–water partition coefficient (Wildman–Crippen LogP) is 3.65. The first-order valence-corrected chi connectivity index (χ1v) is 11.5. The van der Waals surface area contributed by atoms with Gasteiger partial charge in [-0.05, 0) is 56.6 Å². The van der Waals surface area contributed by atoms with E-state index in [-0.39, 0.29) is 17.7 Å². The summed E-state index contributed by atoms with van der Waals surface area (Å²) in [6.07, 6.45) is 4.18. The molecule has 2 amide bonds. The number of aromatic nitrogens is 1. The number of nitrogens with one attached hydrogen (secondary N) is 1. The number of hydrogen-bond donors (Lipinski definition) is 1. The van der Waals surface area contributed by atoms with Gasteiger partial charge in [0.1, 0.15) is 5.82 Å². The van der Waals surface area contributed by atoms with E-state index in [0.29, 0.717) is 17.6 Å². The summed E-state index contributed by atoms with van der Waals surface area (Å²) in [7, 11) is 0. The van der Waals surface area contributed by atoms with Crippen LogP contribution in [0, 0.1) is 5.92 Å². The van der Waals surface area contributed by atoms with E-state index in [1.54, 1.807) is 12.3 Å². The summed E-state index contributed by atoms with van der Waals surface area (Å²) in [6.45, 7) is 4.89. The van der Waals surface area contributed by atoms with Gasteiger partial charge >= 0.3 is 0 Å².